The molecule has 0 bridgehead atoms. The molecule has 2 aromatic carbocycles. The lowest BCUT2D eigenvalue weighted by Gasteiger charge is -2.36. The first kappa shape index (κ1) is 23.1. The van der Waals surface area contributed by atoms with E-state index in [4.69, 9.17) is 0 Å². The highest BCUT2D eigenvalue weighted by Crippen LogP contribution is 2.20. The molecule has 31 heavy (non-hydrogen) atoms. The summed E-state index contributed by atoms with van der Waals surface area (Å²) in [6.07, 6.45) is 2.84. The van der Waals surface area contributed by atoms with Crippen molar-refractivity contribution in [1.82, 2.24) is 4.90 Å². The van der Waals surface area contributed by atoms with Crippen molar-refractivity contribution in [3.63, 3.8) is 0 Å². The largest absolute Gasteiger partial charge is 0.368 e. The predicted molar refractivity (Wildman–Crippen MR) is 122 cm³/mol. The molecule has 1 amide bonds. The Bertz CT molecular complexity index is 970. The number of aryl methyl sites for hydroxylation is 1. The summed E-state index contributed by atoms with van der Waals surface area (Å²) in [6.45, 7) is 4.90. The summed E-state index contributed by atoms with van der Waals surface area (Å²) in [4.78, 5) is 16.6. The number of hydrogen-bond donors (Lipinski definition) is 0. The summed E-state index contributed by atoms with van der Waals surface area (Å²) >= 11 is 0. The van der Waals surface area contributed by atoms with Crippen molar-refractivity contribution in [2.24, 2.45) is 0 Å². The number of hydrogen-bond acceptors (Lipinski definition) is 4. The van der Waals surface area contributed by atoms with Gasteiger partial charge in [0.1, 0.15) is 5.82 Å². The van der Waals surface area contributed by atoms with E-state index < -0.39 is 10.0 Å². The molecule has 168 valence electrons. The molecule has 0 saturated carbocycles. The maximum Gasteiger partial charge on any atom is 0.232 e. The summed E-state index contributed by atoms with van der Waals surface area (Å²) in [5, 5.41) is 0. The topological polar surface area (TPSA) is 60.9 Å². The van der Waals surface area contributed by atoms with Gasteiger partial charge in [-0.05, 0) is 54.8 Å². The normalized spacial score (nSPS) is 14.5. The molecule has 0 atom stereocenters. The molecule has 0 unspecified atom stereocenters. The van der Waals surface area contributed by atoms with E-state index in [1.165, 1.54) is 22.7 Å². The first-order valence-electron chi connectivity index (χ1n) is 10.6. The SMILES string of the molecule is CCc1ccc(N(CCCC(=O)N2CCN(c3ccc(F)cc3)CC2)S(C)(=O)=O)cc1. The molecule has 6 nitrogen and oxygen atoms in total. The number of sulfonamides is 1. The number of amides is 1. The van der Waals surface area contributed by atoms with Crippen LogP contribution in [0.5, 0.6) is 0 Å². The van der Waals surface area contributed by atoms with Crippen molar-refractivity contribution < 1.29 is 17.6 Å². The molecule has 1 aliphatic heterocycles. The Labute approximate surface area is 184 Å². The number of piperazine rings is 1. The van der Waals surface area contributed by atoms with E-state index >= 15 is 0 Å². The maximum atomic E-state index is 13.1. The molecule has 1 aliphatic rings. The highest BCUT2D eigenvalue weighted by molar-refractivity contribution is 7.92. The Morgan fingerprint density at radius 1 is 1.00 bits per heavy atom. The number of halogens is 1. The van der Waals surface area contributed by atoms with Crippen LogP contribution >= 0.6 is 0 Å². The highest BCUT2D eigenvalue weighted by Gasteiger charge is 2.22. The van der Waals surface area contributed by atoms with Crippen LogP contribution in [0, 0.1) is 5.82 Å². The van der Waals surface area contributed by atoms with Gasteiger partial charge in [-0.3, -0.25) is 9.10 Å². The second-order valence-electron chi connectivity index (χ2n) is 7.80. The maximum absolute atomic E-state index is 13.1. The number of benzene rings is 2. The van der Waals surface area contributed by atoms with Crippen molar-refractivity contribution in [2.75, 3.05) is 48.2 Å². The molecule has 3 rings (SSSR count). The van der Waals surface area contributed by atoms with Crippen molar-refractivity contribution in [3.05, 3.63) is 59.9 Å². The van der Waals surface area contributed by atoms with Gasteiger partial charge in [-0.1, -0.05) is 19.1 Å². The van der Waals surface area contributed by atoms with Crippen LogP contribution in [0.3, 0.4) is 0 Å². The number of nitrogens with zero attached hydrogens (tertiary/aromatic N) is 3. The third kappa shape index (κ3) is 6.19. The minimum atomic E-state index is -3.43. The zero-order valence-electron chi connectivity index (χ0n) is 18.1. The van der Waals surface area contributed by atoms with Crippen molar-refractivity contribution >= 4 is 27.3 Å². The van der Waals surface area contributed by atoms with Gasteiger partial charge in [0.25, 0.3) is 0 Å². The lowest BCUT2D eigenvalue weighted by Crippen LogP contribution is -2.48. The molecule has 1 saturated heterocycles. The zero-order chi connectivity index (χ0) is 22.4. The Kier molecular flexibility index (Phi) is 7.54. The van der Waals surface area contributed by atoms with E-state index in [0.717, 1.165) is 17.7 Å². The number of carbonyl (C=O) groups is 1. The second kappa shape index (κ2) is 10.1. The monoisotopic (exact) mass is 447 g/mol. The molecule has 1 heterocycles. The van der Waals surface area contributed by atoms with Crippen LogP contribution in [-0.4, -0.2) is 58.2 Å². The van der Waals surface area contributed by atoms with Gasteiger partial charge >= 0.3 is 0 Å². The summed E-state index contributed by atoms with van der Waals surface area (Å²) < 4.78 is 39.0. The van der Waals surface area contributed by atoms with Gasteiger partial charge in [-0.15, -0.1) is 0 Å². The third-order valence-corrected chi connectivity index (χ3v) is 6.80. The molecule has 8 heteroatoms. The lowest BCUT2D eigenvalue weighted by molar-refractivity contribution is -0.131. The smallest absolute Gasteiger partial charge is 0.232 e. The van der Waals surface area contributed by atoms with E-state index in [-0.39, 0.29) is 18.3 Å². The van der Waals surface area contributed by atoms with Crippen LogP contribution in [0.25, 0.3) is 0 Å². The average Bonchev–Trinajstić information content (AvgIpc) is 2.76. The van der Waals surface area contributed by atoms with Crippen molar-refractivity contribution in [3.8, 4) is 0 Å². The summed E-state index contributed by atoms with van der Waals surface area (Å²) in [5.74, 6) is -0.226. The summed E-state index contributed by atoms with van der Waals surface area (Å²) in [6, 6.07) is 13.9. The first-order valence-corrected chi connectivity index (χ1v) is 12.5. The van der Waals surface area contributed by atoms with Gasteiger partial charge in [-0.2, -0.15) is 0 Å². The van der Waals surface area contributed by atoms with Crippen LogP contribution in [0.15, 0.2) is 48.5 Å². The first-order chi connectivity index (χ1) is 14.8. The fraction of sp³-hybridized carbons (Fsp3) is 0.435. The van der Waals surface area contributed by atoms with Crippen LogP contribution in [-0.2, 0) is 21.2 Å². The van der Waals surface area contributed by atoms with E-state index in [0.29, 0.717) is 44.7 Å². The Morgan fingerprint density at radius 3 is 2.16 bits per heavy atom. The van der Waals surface area contributed by atoms with Crippen molar-refractivity contribution in [2.45, 2.75) is 26.2 Å². The molecular weight excluding hydrogens is 417 g/mol. The molecule has 0 spiro atoms. The summed E-state index contributed by atoms with van der Waals surface area (Å²) in [5.41, 5.74) is 2.72. The van der Waals surface area contributed by atoms with Crippen LogP contribution in [0.4, 0.5) is 15.8 Å². The molecule has 2 aromatic rings. The van der Waals surface area contributed by atoms with Gasteiger partial charge < -0.3 is 9.80 Å². The Balaban J connectivity index is 1.50. The minimum absolute atomic E-state index is 0.0357. The Morgan fingerprint density at radius 2 is 1.61 bits per heavy atom. The van der Waals surface area contributed by atoms with Gasteiger partial charge in [0, 0.05) is 44.8 Å². The molecule has 0 aromatic heterocycles. The van der Waals surface area contributed by atoms with Crippen LogP contribution in [0.2, 0.25) is 0 Å². The quantitative estimate of drug-likeness (QED) is 0.623. The van der Waals surface area contributed by atoms with Gasteiger partial charge in [0.15, 0.2) is 0 Å². The van der Waals surface area contributed by atoms with Crippen LogP contribution in [0.1, 0.15) is 25.3 Å². The van der Waals surface area contributed by atoms with Crippen molar-refractivity contribution in [1.29, 1.82) is 0 Å². The van der Waals surface area contributed by atoms with Gasteiger partial charge in [0.05, 0.1) is 11.9 Å². The fourth-order valence-electron chi connectivity index (χ4n) is 3.78. The second-order valence-corrected chi connectivity index (χ2v) is 9.71. The zero-order valence-corrected chi connectivity index (χ0v) is 18.9. The number of carbonyl (C=O) groups excluding carboxylic acids is 1. The fourth-order valence-corrected chi connectivity index (χ4v) is 4.75. The minimum Gasteiger partial charge on any atom is -0.368 e. The lowest BCUT2D eigenvalue weighted by atomic mass is 10.1. The average molecular weight is 448 g/mol. The molecule has 1 fully saturated rings. The molecular formula is C23H30FN3O3S. The standard InChI is InChI=1S/C23H30FN3O3S/c1-3-19-6-10-22(11-7-19)27(31(2,29)30)14-4-5-23(28)26-17-15-25(16-18-26)21-12-8-20(24)9-13-21/h6-13H,3-5,14-18H2,1-2H3. The third-order valence-electron chi connectivity index (χ3n) is 5.61. The van der Waals surface area contributed by atoms with Gasteiger partial charge in [0.2, 0.25) is 15.9 Å². The van der Waals surface area contributed by atoms with E-state index in [1.807, 2.05) is 29.2 Å². The number of anilines is 2. The van der Waals surface area contributed by atoms with E-state index in [9.17, 15) is 17.6 Å². The molecule has 0 radical (unpaired) electrons. The molecule has 0 aliphatic carbocycles. The molecule has 0 N–H and O–H groups in total. The van der Waals surface area contributed by atoms with Gasteiger partial charge in [-0.25, -0.2) is 12.8 Å². The number of rotatable bonds is 8. The Hall–Kier alpha value is -2.61. The predicted octanol–water partition coefficient (Wildman–Crippen LogP) is 3.28. The van der Waals surface area contributed by atoms with E-state index in [1.54, 1.807) is 12.1 Å². The summed E-state index contributed by atoms with van der Waals surface area (Å²) in [7, 11) is -3.43. The van der Waals surface area contributed by atoms with Crippen LogP contribution < -0.4 is 9.21 Å². The van der Waals surface area contributed by atoms with E-state index in [2.05, 4.69) is 11.8 Å². The highest BCUT2D eigenvalue weighted by atomic mass is 32.2.